The van der Waals surface area contributed by atoms with Crippen LogP contribution in [0.5, 0.6) is 0 Å². The molecule has 0 atom stereocenters. The summed E-state index contributed by atoms with van der Waals surface area (Å²) in [6, 6.07) is 1.17. The molecule has 1 aromatic carbocycles. The van der Waals surface area contributed by atoms with E-state index in [4.69, 9.17) is 0 Å². The molecule has 17 heavy (non-hydrogen) atoms. The van der Waals surface area contributed by atoms with Gasteiger partial charge in [0.2, 0.25) is 5.91 Å². The van der Waals surface area contributed by atoms with E-state index in [9.17, 15) is 18.0 Å². The Morgan fingerprint density at radius 2 is 1.94 bits per heavy atom. The zero-order chi connectivity index (χ0) is 13.0. The first kappa shape index (κ1) is 13.3. The van der Waals surface area contributed by atoms with Crippen LogP contribution in [0.25, 0.3) is 0 Å². The maximum Gasteiger partial charge on any atom is 0.239 e. The number of hydrogen-bond donors (Lipinski definition) is 2. The lowest BCUT2D eigenvalue weighted by Crippen LogP contribution is -2.35. The first-order chi connectivity index (χ1) is 7.90. The average Bonchev–Trinajstić information content (AvgIpc) is 2.20. The molecule has 0 aromatic heterocycles. The number of carbonyl (C=O) groups excluding carboxylic acids is 1. The van der Waals surface area contributed by atoms with Crippen LogP contribution in [-0.2, 0) is 4.79 Å². The second-order valence-corrected chi connectivity index (χ2v) is 3.82. The van der Waals surface area contributed by atoms with Gasteiger partial charge < -0.3 is 10.6 Å². The van der Waals surface area contributed by atoms with Crippen molar-refractivity contribution >= 4 is 11.6 Å². The van der Waals surface area contributed by atoms with E-state index < -0.39 is 17.5 Å². The Morgan fingerprint density at radius 1 is 1.29 bits per heavy atom. The van der Waals surface area contributed by atoms with Gasteiger partial charge in [0.05, 0.1) is 12.2 Å². The summed E-state index contributed by atoms with van der Waals surface area (Å²) in [5, 5.41) is 4.88. The van der Waals surface area contributed by atoms with Gasteiger partial charge in [-0.3, -0.25) is 4.79 Å². The van der Waals surface area contributed by atoms with Crippen molar-refractivity contribution < 1.29 is 18.0 Å². The van der Waals surface area contributed by atoms with Gasteiger partial charge in [-0.15, -0.1) is 0 Å². The fraction of sp³-hybridized carbons (Fsp3) is 0.364. The summed E-state index contributed by atoms with van der Waals surface area (Å²) in [6.45, 7) is 3.28. The minimum absolute atomic E-state index is 0.0570. The highest BCUT2D eigenvalue weighted by Gasteiger charge is 2.12. The van der Waals surface area contributed by atoms with E-state index in [1.165, 1.54) is 0 Å². The van der Waals surface area contributed by atoms with Gasteiger partial charge in [0, 0.05) is 18.2 Å². The highest BCUT2D eigenvalue weighted by molar-refractivity contribution is 5.80. The predicted octanol–water partition coefficient (Wildman–Crippen LogP) is 2.04. The Balaban J connectivity index is 2.66. The summed E-state index contributed by atoms with van der Waals surface area (Å²) in [4.78, 5) is 11.2. The molecule has 0 radical (unpaired) electrons. The predicted molar refractivity (Wildman–Crippen MR) is 58.1 cm³/mol. The van der Waals surface area contributed by atoms with Gasteiger partial charge in [-0.25, -0.2) is 13.2 Å². The maximum absolute atomic E-state index is 13.2. The Morgan fingerprint density at radius 3 is 2.53 bits per heavy atom. The van der Waals surface area contributed by atoms with Crippen LogP contribution in [0.3, 0.4) is 0 Å². The van der Waals surface area contributed by atoms with E-state index >= 15 is 0 Å². The average molecular weight is 246 g/mol. The van der Waals surface area contributed by atoms with Crippen LogP contribution in [0.4, 0.5) is 18.9 Å². The lowest BCUT2D eigenvalue weighted by molar-refractivity contribution is -0.119. The molecular weight excluding hydrogens is 233 g/mol. The van der Waals surface area contributed by atoms with Gasteiger partial charge in [-0.1, -0.05) is 0 Å². The molecule has 0 saturated carbocycles. The molecule has 3 nitrogen and oxygen atoms in total. The van der Waals surface area contributed by atoms with Crippen LogP contribution in [0.1, 0.15) is 13.8 Å². The van der Waals surface area contributed by atoms with Crippen molar-refractivity contribution in [2.45, 2.75) is 19.9 Å². The Labute approximate surface area is 97.0 Å². The number of carbonyl (C=O) groups is 1. The standard InChI is InChI=1S/C11H13F3N2O/c1-6(2)16-10(17)5-15-9-4-7(12)3-8(13)11(9)14/h3-4,6,15H,5H2,1-2H3,(H,16,17). The van der Waals surface area contributed by atoms with E-state index in [0.717, 1.165) is 6.07 Å². The topological polar surface area (TPSA) is 41.1 Å². The minimum atomic E-state index is -1.29. The monoisotopic (exact) mass is 246 g/mol. The summed E-state index contributed by atoms with van der Waals surface area (Å²) < 4.78 is 38.8. The van der Waals surface area contributed by atoms with E-state index in [2.05, 4.69) is 10.6 Å². The fourth-order valence-electron chi connectivity index (χ4n) is 1.23. The number of hydrogen-bond acceptors (Lipinski definition) is 2. The highest BCUT2D eigenvalue weighted by Crippen LogP contribution is 2.18. The molecule has 0 unspecified atom stereocenters. The summed E-state index contributed by atoms with van der Waals surface area (Å²) in [5.74, 6) is -3.79. The molecule has 0 fully saturated rings. The number of anilines is 1. The van der Waals surface area contributed by atoms with Gasteiger partial charge >= 0.3 is 0 Å². The smallest absolute Gasteiger partial charge is 0.239 e. The maximum atomic E-state index is 13.2. The summed E-state index contributed by atoms with van der Waals surface area (Å²) in [7, 11) is 0. The van der Waals surface area contributed by atoms with E-state index in [-0.39, 0.29) is 24.2 Å². The number of nitrogens with one attached hydrogen (secondary N) is 2. The van der Waals surface area contributed by atoms with Gasteiger partial charge in [-0.2, -0.15) is 0 Å². The van der Waals surface area contributed by atoms with Crippen LogP contribution in [0.15, 0.2) is 12.1 Å². The third-order valence-corrected chi connectivity index (χ3v) is 1.88. The van der Waals surface area contributed by atoms with Crippen LogP contribution >= 0.6 is 0 Å². The molecule has 0 bridgehead atoms. The fourth-order valence-corrected chi connectivity index (χ4v) is 1.23. The quantitative estimate of drug-likeness (QED) is 0.798. The van der Waals surface area contributed by atoms with Gasteiger partial charge in [0.15, 0.2) is 11.6 Å². The van der Waals surface area contributed by atoms with Crippen molar-refractivity contribution in [3.05, 3.63) is 29.6 Å². The lowest BCUT2D eigenvalue weighted by Gasteiger charge is -2.10. The molecular formula is C11H13F3N2O. The lowest BCUT2D eigenvalue weighted by atomic mass is 10.2. The van der Waals surface area contributed by atoms with Crippen molar-refractivity contribution in [2.75, 3.05) is 11.9 Å². The van der Waals surface area contributed by atoms with Gasteiger partial charge in [0.1, 0.15) is 5.82 Å². The second kappa shape index (κ2) is 5.56. The zero-order valence-electron chi connectivity index (χ0n) is 9.48. The molecule has 94 valence electrons. The summed E-state index contributed by atoms with van der Waals surface area (Å²) in [5.41, 5.74) is -0.374. The van der Waals surface area contributed by atoms with E-state index in [1.807, 2.05) is 0 Å². The van der Waals surface area contributed by atoms with Gasteiger partial charge in [0.25, 0.3) is 0 Å². The molecule has 1 amide bonds. The number of amides is 1. The molecule has 0 aliphatic heterocycles. The third kappa shape index (κ3) is 3.97. The van der Waals surface area contributed by atoms with Crippen molar-refractivity contribution in [3.63, 3.8) is 0 Å². The molecule has 0 aliphatic rings. The number of rotatable bonds is 4. The van der Waals surface area contributed by atoms with Crippen molar-refractivity contribution in [1.82, 2.24) is 5.32 Å². The number of benzene rings is 1. The molecule has 0 spiro atoms. The van der Waals surface area contributed by atoms with Crippen LogP contribution in [0.2, 0.25) is 0 Å². The summed E-state index contributed by atoms with van der Waals surface area (Å²) >= 11 is 0. The number of halogens is 3. The third-order valence-electron chi connectivity index (χ3n) is 1.88. The van der Waals surface area contributed by atoms with Gasteiger partial charge in [-0.05, 0) is 13.8 Å². The molecule has 1 rings (SSSR count). The first-order valence-corrected chi connectivity index (χ1v) is 5.08. The highest BCUT2D eigenvalue weighted by atomic mass is 19.2. The molecule has 6 heteroatoms. The largest absolute Gasteiger partial charge is 0.374 e. The van der Waals surface area contributed by atoms with E-state index in [0.29, 0.717) is 6.07 Å². The Kier molecular flexibility index (Phi) is 4.37. The molecule has 1 aromatic rings. The SMILES string of the molecule is CC(C)NC(=O)CNc1cc(F)cc(F)c1F. The van der Waals surface area contributed by atoms with Crippen LogP contribution in [0, 0.1) is 17.5 Å². The first-order valence-electron chi connectivity index (χ1n) is 5.08. The van der Waals surface area contributed by atoms with Crippen LogP contribution < -0.4 is 10.6 Å². The Bertz CT molecular complexity index is 421. The van der Waals surface area contributed by atoms with Crippen molar-refractivity contribution in [3.8, 4) is 0 Å². The zero-order valence-corrected chi connectivity index (χ0v) is 9.48. The second-order valence-electron chi connectivity index (χ2n) is 3.82. The minimum Gasteiger partial charge on any atom is -0.374 e. The molecule has 2 N–H and O–H groups in total. The van der Waals surface area contributed by atoms with E-state index in [1.54, 1.807) is 13.8 Å². The molecule has 0 aliphatic carbocycles. The van der Waals surface area contributed by atoms with Crippen LogP contribution in [-0.4, -0.2) is 18.5 Å². The normalized spacial score (nSPS) is 10.5. The van der Waals surface area contributed by atoms with Crippen molar-refractivity contribution in [2.24, 2.45) is 0 Å². The Hall–Kier alpha value is -1.72. The molecule has 0 saturated heterocycles. The summed E-state index contributed by atoms with van der Waals surface area (Å²) in [6.07, 6.45) is 0. The van der Waals surface area contributed by atoms with Crippen molar-refractivity contribution in [1.29, 1.82) is 0 Å². The molecule has 0 heterocycles.